The van der Waals surface area contributed by atoms with Crippen molar-refractivity contribution < 1.29 is 36.7 Å². The highest BCUT2D eigenvalue weighted by Gasteiger charge is 2.35. The summed E-state index contributed by atoms with van der Waals surface area (Å²) < 4.78 is 51.1. The molecule has 2 aromatic rings. The van der Waals surface area contributed by atoms with Crippen molar-refractivity contribution in [1.82, 2.24) is 9.21 Å². The second kappa shape index (κ2) is 8.77. The van der Waals surface area contributed by atoms with Gasteiger partial charge in [0.15, 0.2) is 0 Å². The predicted octanol–water partition coefficient (Wildman–Crippen LogP) is 1.30. The fourth-order valence-electron chi connectivity index (χ4n) is 3.51. The zero-order valence-electron chi connectivity index (χ0n) is 16.8. The number of halogens is 1. The van der Waals surface area contributed by atoms with Gasteiger partial charge in [-0.1, -0.05) is 12.1 Å². The summed E-state index contributed by atoms with van der Waals surface area (Å²) >= 11 is 0. The molecule has 0 N–H and O–H groups in total. The van der Waals surface area contributed by atoms with Crippen LogP contribution in [0.5, 0.6) is 0 Å². The molecule has 2 heterocycles. The first-order valence-corrected chi connectivity index (χ1v) is 11.2. The Hall–Kier alpha value is -3.15. The second-order valence-electron chi connectivity index (χ2n) is 7.11. The number of sulfonamides is 1. The molecule has 4 rings (SSSR count). The van der Waals surface area contributed by atoms with Crippen molar-refractivity contribution in [3.8, 4) is 0 Å². The maximum Gasteiger partial charge on any atom is 0.338 e. The van der Waals surface area contributed by atoms with E-state index in [1.807, 2.05) is 0 Å². The summed E-state index contributed by atoms with van der Waals surface area (Å²) in [6, 6.07) is 9.28. The van der Waals surface area contributed by atoms with Gasteiger partial charge in [0, 0.05) is 13.1 Å². The van der Waals surface area contributed by atoms with Crippen molar-refractivity contribution in [2.75, 3.05) is 39.5 Å². The molecule has 0 aliphatic carbocycles. The van der Waals surface area contributed by atoms with E-state index in [0.717, 1.165) is 27.4 Å². The fraction of sp³-hybridized carbons (Fsp3) is 0.286. The van der Waals surface area contributed by atoms with Crippen molar-refractivity contribution in [3.05, 3.63) is 65.0 Å². The normalized spacial score (nSPS) is 16.8. The summed E-state index contributed by atoms with van der Waals surface area (Å²) in [5.41, 5.74) is 0.390. The minimum absolute atomic E-state index is 0.0801. The van der Waals surface area contributed by atoms with Gasteiger partial charge in [-0.25, -0.2) is 17.6 Å². The van der Waals surface area contributed by atoms with Gasteiger partial charge in [0.2, 0.25) is 10.0 Å². The monoisotopic (exact) mass is 462 g/mol. The Labute approximate surface area is 183 Å². The minimum atomic E-state index is -4.15. The van der Waals surface area contributed by atoms with Crippen molar-refractivity contribution >= 4 is 27.8 Å². The molecular weight excluding hydrogens is 443 g/mol. The summed E-state index contributed by atoms with van der Waals surface area (Å²) in [5, 5.41) is 0. The number of esters is 1. The molecular formula is C21H19FN2O7S. The standard InChI is InChI=1S/C21H19FN2O7S/c22-17-6-5-14(13-18(17)32(28,29)23-7-10-30-11-8-23)21(27)31-12-9-24-19(25)15-3-1-2-4-16(15)20(24)26/h1-6,13H,7-12H2. The SMILES string of the molecule is O=C(OCCN1C(=O)c2ccccc2C1=O)c1ccc(F)c(S(=O)(=O)N2CCOCC2)c1. The van der Waals surface area contributed by atoms with Gasteiger partial charge < -0.3 is 9.47 Å². The van der Waals surface area contributed by atoms with E-state index in [0.29, 0.717) is 0 Å². The van der Waals surface area contributed by atoms with E-state index >= 15 is 0 Å². The smallest absolute Gasteiger partial charge is 0.338 e. The molecule has 2 aliphatic rings. The Bertz CT molecular complexity index is 1160. The Balaban J connectivity index is 1.43. The zero-order valence-corrected chi connectivity index (χ0v) is 17.6. The lowest BCUT2D eigenvalue weighted by molar-refractivity contribution is 0.0420. The van der Waals surface area contributed by atoms with Gasteiger partial charge in [-0.15, -0.1) is 0 Å². The van der Waals surface area contributed by atoms with Gasteiger partial charge in [0.05, 0.1) is 36.4 Å². The van der Waals surface area contributed by atoms with Gasteiger partial charge in [0.1, 0.15) is 17.3 Å². The lowest BCUT2D eigenvalue weighted by Crippen LogP contribution is -2.41. The van der Waals surface area contributed by atoms with E-state index in [4.69, 9.17) is 9.47 Å². The highest BCUT2D eigenvalue weighted by Crippen LogP contribution is 2.23. The Morgan fingerprint density at radius 2 is 1.66 bits per heavy atom. The summed E-state index contributed by atoms with van der Waals surface area (Å²) in [7, 11) is -4.15. The Morgan fingerprint density at radius 3 is 2.28 bits per heavy atom. The van der Waals surface area contributed by atoms with Crippen LogP contribution in [0.15, 0.2) is 47.4 Å². The maximum atomic E-state index is 14.3. The fourth-order valence-corrected chi connectivity index (χ4v) is 5.01. The highest BCUT2D eigenvalue weighted by molar-refractivity contribution is 7.89. The summed E-state index contributed by atoms with van der Waals surface area (Å²) in [6.07, 6.45) is 0. The maximum absolute atomic E-state index is 14.3. The van der Waals surface area contributed by atoms with Gasteiger partial charge in [0.25, 0.3) is 11.8 Å². The average Bonchev–Trinajstić information content (AvgIpc) is 3.05. The minimum Gasteiger partial charge on any atom is -0.460 e. The van der Waals surface area contributed by atoms with Gasteiger partial charge in [-0.2, -0.15) is 4.31 Å². The first kappa shape index (κ1) is 22.1. The van der Waals surface area contributed by atoms with Crippen molar-refractivity contribution in [1.29, 1.82) is 0 Å². The summed E-state index contributed by atoms with van der Waals surface area (Å²) in [5.74, 6) is -2.86. The van der Waals surface area contributed by atoms with Crippen LogP contribution in [-0.4, -0.2) is 74.9 Å². The van der Waals surface area contributed by atoms with Crippen LogP contribution in [-0.2, 0) is 19.5 Å². The number of hydrogen-bond acceptors (Lipinski definition) is 7. The van der Waals surface area contributed by atoms with Crippen LogP contribution in [0.3, 0.4) is 0 Å². The van der Waals surface area contributed by atoms with Crippen LogP contribution >= 0.6 is 0 Å². The molecule has 1 saturated heterocycles. The summed E-state index contributed by atoms with van der Waals surface area (Å²) in [4.78, 5) is 37.4. The molecule has 0 atom stereocenters. The number of fused-ring (bicyclic) bond motifs is 1. The molecule has 2 aliphatic heterocycles. The van der Waals surface area contributed by atoms with E-state index in [9.17, 15) is 27.2 Å². The van der Waals surface area contributed by atoms with E-state index in [-0.39, 0.29) is 56.1 Å². The topological polar surface area (TPSA) is 110 Å². The van der Waals surface area contributed by atoms with Gasteiger partial charge in [-0.3, -0.25) is 14.5 Å². The molecule has 9 nitrogen and oxygen atoms in total. The zero-order chi connectivity index (χ0) is 22.9. The van der Waals surface area contributed by atoms with E-state index in [1.54, 1.807) is 12.1 Å². The molecule has 168 valence electrons. The molecule has 0 radical (unpaired) electrons. The van der Waals surface area contributed by atoms with Crippen molar-refractivity contribution in [2.24, 2.45) is 0 Å². The second-order valence-corrected chi connectivity index (χ2v) is 9.01. The van der Waals surface area contributed by atoms with Gasteiger partial charge >= 0.3 is 5.97 Å². The number of ether oxygens (including phenoxy) is 2. The first-order chi connectivity index (χ1) is 15.3. The molecule has 0 saturated carbocycles. The number of nitrogens with zero attached hydrogens (tertiary/aromatic N) is 2. The van der Waals surface area contributed by atoms with Crippen molar-refractivity contribution in [3.63, 3.8) is 0 Å². The third kappa shape index (κ3) is 4.01. The largest absolute Gasteiger partial charge is 0.460 e. The number of hydrogen-bond donors (Lipinski definition) is 0. The van der Waals surface area contributed by atoms with E-state index < -0.39 is 38.5 Å². The lowest BCUT2D eigenvalue weighted by Gasteiger charge is -2.26. The van der Waals surface area contributed by atoms with Crippen LogP contribution in [0.25, 0.3) is 0 Å². The molecule has 0 bridgehead atoms. The van der Waals surface area contributed by atoms with Gasteiger partial charge in [-0.05, 0) is 30.3 Å². The quantitative estimate of drug-likeness (QED) is 0.470. The van der Waals surface area contributed by atoms with Crippen LogP contribution in [0, 0.1) is 5.82 Å². The molecule has 32 heavy (non-hydrogen) atoms. The molecule has 1 fully saturated rings. The Morgan fingerprint density at radius 1 is 1.03 bits per heavy atom. The lowest BCUT2D eigenvalue weighted by atomic mass is 10.1. The third-order valence-electron chi connectivity index (χ3n) is 5.18. The average molecular weight is 462 g/mol. The number of carbonyl (C=O) groups is 3. The number of benzene rings is 2. The van der Waals surface area contributed by atoms with E-state index in [2.05, 4.69) is 0 Å². The number of rotatable bonds is 6. The van der Waals surface area contributed by atoms with E-state index in [1.165, 1.54) is 12.1 Å². The molecule has 2 aromatic carbocycles. The molecule has 0 spiro atoms. The number of amides is 2. The molecule has 2 amide bonds. The Kier molecular flexibility index (Phi) is 6.04. The summed E-state index contributed by atoms with van der Waals surface area (Å²) in [6.45, 7) is 0.0830. The van der Waals surface area contributed by atoms with Crippen LogP contribution in [0.2, 0.25) is 0 Å². The number of carbonyl (C=O) groups excluding carboxylic acids is 3. The van der Waals surface area contributed by atoms with Crippen LogP contribution < -0.4 is 0 Å². The number of imide groups is 1. The molecule has 11 heteroatoms. The first-order valence-electron chi connectivity index (χ1n) is 9.80. The predicted molar refractivity (Wildman–Crippen MR) is 108 cm³/mol. The number of morpholine rings is 1. The van der Waals surface area contributed by atoms with Crippen LogP contribution in [0.1, 0.15) is 31.1 Å². The molecule has 0 aromatic heterocycles. The van der Waals surface area contributed by atoms with Crippen LogP contribution in [0.4, 0.5) is 4.39 Å². The molecule has 0 unspecified atom stereocenters. The third-order valence-corrected chi connectivity index (χ3v) is 7.09. The van der Waals surface area contributed by atoms with Crippen molar-refractivity contribution in [2.45, 2.75) is 4.90 Å². The highest BCUT2D eigenvalue weighted by atomic mass is 32.2.